The van der Waals surface area contributed by atoms with Gasteiger partial charge in [0.15, 0.2) is 0 Å². The summed E-state index contributed by atoms with van der Waals surface area (Å²) in [4.78, 5) is 38.7. The highest BCUT2D eigenvalue weighted by molar-refractivity contribution is 6.06. The number of methoxy groups -OCH3 is 1. The Balaban J connectivity index is 1.85. The van der Waals surface area contributed by atoms with Crippen LogP contribution in [0.2, 0.25) is 0 Å². The zero-order valence-corrected chi connectivity index (χ0v) is 21.5. The van der Waals surface area contributed by atoms with Gasteiger partial charge in [-0.15, -0.1) is 0 Å². The van der Waals surface area contributed by atoms with Gasteiger partial charge in [0.05, 0.1) is 13.7 Å². The van der Waals surface area contributed by atoms with Gasteiger partial charge >= 0.3 is 11.9 Å². The number of esters is 2. The Bertz CT molecular complexity index is 1290. The molecule has 0 spiro atoms. The fraction of sp³-hybridized carbons (Fsp3) is 0.194. The van der Waals surface area contributed by atoms with Crippen LogP contribution in [0.25, 0.3) is 12.2 Å². The third-order valence-corrected chi connectivity index (χ3v) is 5.20. The Morgan fingerprint density at radius 2 is 1.43 bits per heavy atom. The molecule has 0 fully saturated rings. The lowest BCUT2D eigenvalue weighted by Gasteiger charge is -2.24. The third kappa shape index (κ3) is 8.61. The normalized spacial score (nSPS) is 11.5. The minimum absolute atomic E-state index is 0.149. The summed E-state index contributed by atoms with van der Waals surface area (Å²) >= 11 is 0. The fourth-order valence-corrected chi connectivity index (χ4v) is 3.46. The number of anilines is 1. The summed E-state index contributed by atoms with van der Waals surface area (Å²) in [5, 5.41) is 0. The lowest BCUT2D eigenvalue weighted by molar-refractivity contribution is -0.148. The molecule has 0 atom stereocenters. The maximum absolute atomic E-state index is 13.5. The number of hydrogen-bond acceptors (Lipinski definition) is 5. The summed E-state index contributed by atoms with van der Waals surface area (Å²) < 4.78 is 9.96. The summed E-state index contributed by atoms with van der Waals surface area (Å²) in [5.41, 5.74) is 3.22. The number of benzene rings is 3. The highest BCUT2D eigenvalue weighted by atomic mass is 16.6. The molecule has 190 valence electrons. The minimum atomic E-state index is -0.549. The van der Waals surface area contributed by atoms with Crippen LogP contribution in [0.15, 0.2) is 91.0 Å². The minimum Gasteiger partial charge on any atom is -0.466 e. The Morgan fingerprint density at radius 3 is 2.08 bits per heavy atom. The Kier molecular flexibility index (Phi) is 9.16. The summed E-state index contributed by atoms with van der Waals surface area (Å²) in [7, 11) is 1.32. The van der Waals surface area contributed by atoms with E-state index < -0.39 is 17.5 Å². The summed E-state index contributed by atoms with van der Waals surface area (Å²) in [6.45, 7) is 5.79. The predicted molar refractivity (Wildman–Crippen MR) is 146 cm³/mol. The van der Waals surface area contributed by atoms with Crippen molar-refractivity contribution in [1.82, 2.24) is 0 Å². The third-order valence-electron chi connectivity index (χ3n) is 5.20. The van der Waals surface area contributed by atoms with Gasteiger partial charge in [-0.25, -0.2) is 9.59 Å². The van der Waals surface area contributed by atoms with Crippen LogP contribution in [-0.4, -0.2) is 30.6 Å². The molecule has 0 N–H and O–H groups in total. The summed E-state index contributed by atoms with van der Waals surface area (Å²) in [6.07, 6.45) is 6.08. The molecular formula is C31H31NO5. The van der Waals surface area contributed by atoms with Crippen molar-refractivity contribution in [2.45, 2.75) is 32.9 Å². The molecule has 6 heteroatoms. The van der Waals surface area contributed by atoms with Crippen molar-refractivity contribution in [3.05, 3.63) is 113 Å². The van der Waals surface area contributed by atoms with Crippen molar-refractivity contribution in [1.29, 1.82) is 0 Å². The SMILES string of the molecule is COC(=O)/C=C/c1cccc(N(Cc2ccc(/C=C/C(=O)OC(C)(C)C)cc2)C(=O)c2ccccc2)c1. The molecule has 0 aliphatic heterocycles. The van der Waals surface area contributed by atoms with E-state index in [4.69, 9.17) is 4.74 Å². The number of rotatable bonds is 8. The van der Waals surface area contributed by atoms with Crippen molar-refractivity contribution in [3.63, 3.8) is 0 Å². The molecule has 0 unspecified atom stereocenters. The molecule has 6 nitrogen and oxygen atoms in total. The van der Waals surface area contributed by atoms with E-state index in [1.54, 1.807) is 29.2 Å². The van der Waals surface area contributed by atoms with Gasteiger partial charge in [-0.05, 0) is 73.9 Å². The van der Waals surface area contributed by atoms with Gasteiger partial charge in [0.1, 0.15) is 5.60 Å². The van der Waals surface area contributed by atoms with E-state index in [2.05, 4.69) is 4.74 Å². The van der Waals surface area contributed by atoms with E-state index in [1.807, 2.05) is 87.5 Å². The number of ether oxygens (including phenoxy) is 2. The van der Waals surface area contributed by atoms with Gasteiger partial charge in [-0.1, -0.05) is 54.6 Å². The van der Waals surface area contributed by atoms with Gasteiger partial charge in [0, 0.05) is 23.4 Å². The molecule has 0 saturated carbocycles. The second-order valence-corrected chi connectivity index (χ2v) is 9.32. The first-order valence-corrected chi connectivity index (χ1v) is 11.9. The lowest BCUT2D eigenvalue weighted by atomic mass is 10.1. The number of carbonyl (C=O) groups excluding carboxylic acids is 3. The van der Waals surface area contributed by atoms with Crippen LogP contribution in [0.1, 0.15) is 47.8 Å². The van der Waals surface area contributed by atoms with E-state index in [0.29, 0.717) is 17.8 Å². The number of amides is 1. The smallest absolute Gasteiger partial charge is 0.331 e. The van der Waals surface area contributed by atoms with Crippen LogP contribution in [-0.2, 0) is 25.6 Å². The molecule has 0 saturated heterocycles. The Hall–Kier alpha value is -4.45. The highest BCUT2D eigenvalue weighted by Gasteiger charge is 2.18. The average molecular weight is 498 g/mol. The zero-order chi connectivity index (χ0) is 26.8. The van der Waals surface area contributed by atoms with Gasteiger partial charge in [-0.3, -0.25) is 4.79 Å². The molecule has 1 amide bonds. The second-order valence-electron chi connectivity index (χ2n) is 9.32. The predicted octanol–water partition coefficient (Wildman–Crippen LogP) is 6.07. The van der Waals surface area contributed by atoms with Crippen LogP contribution in [0.4, 0.5) is 5.69 Å². The zero-order valence-electron chi connectivity index (χ0n) is 21.5. The monoisotopic (exact) mass is 497 g/mol. The number of hydrogen-bond donors (Lipinski definition) is 0. The number of carbonyl (C=O) groups is 3. The molecule has 0 bridgehead atoms. The topological polar surface area (TPSA) is 72.9 Å². The first kappa shape index (κ1) is 27.1. The van der Waals surface area contributed by atoms with Crippen LogP contribution in [0.3, 0.4) is 0 Å². The molecule has 0 heterocycles. The van der Waals surface area contributed by atoms with E-state index in [1.165, 1.54) is 19.3 Å². The Labute approximate surface area is 217 Å². The second kappa shape index (κ2) is 12.5. The van der Waals surface area contributed by atoms with E-state index in [0.717, 1.165) is 16.7 Å². The van der Waals surface area contributed by atoms with Gasteiger partial charge < -0.3 is 14.4 Å². The molecule has 0 aliphatic carbocycles. The van der Waals surface area contributed by atoms with E-state index in [9.17, 15) is 14.4 Å². The molecule has 0 aromatic heterocycles. The van der Waals surface area contributed by atoms with E-state index >= 15 is 0 Å². The Morgan fingerprint density at radius 1 is 0.784 bits per heavy atom. The van der Waals surface area contributed by atoms with Crippen molar-refractivity contribution in [2.75, 3.05) is 12.0 Å². The van der Waals surface area contributed by atoms with Crippen LogP contribution in [0, 0.1) is 0 Å². The molecule has 0 aliphatic rings. The molecule has 0 radical (unpaired) electrons. The van der Waals surface area contributed by atoms with E-state index in [-0.39, 0.29) is 5.91 Å². The molecule has 3 aromatic carbocycles. The molecule has 3 rings (SSSR count). The van der Waals surface area contributed by atoms with Crippen LogP contribution < -0.4 is 4.90 Å². The van der Waals surface area contributed by atoms with Gasteiger partial charge in [0.25, 0.3) is 5.91 Å². The first-order chi connectivity index (χ1) is 17.6. The first-order valence-electron chi connectivity index (χ1n) is 11.9. The summed E-state index contributed by atoms with van der Waals surface area (Å²) in [5.74, 6) is -1.01. The lowest BCUT2D eigenvalue weighted by Crippen LogP contribution is -2.30. The summed E-state index contributed by atoms with van der Waals surface area (Å²) in [6, 6.07) is 24.1. The van der Waals surface area contributed by atoms with Crippen LogP contribution in [0.5, 0.6) is 0 Å². The fourth-order valence-electron chi connectivity index (χ4n) is 3.46. The molecule has 3 aromatic rings. The average Bonchev–Trinajstić information content (AvgIpc) is 2.89. The van der Waals surface area contributed by atoms with Crippen molar-refractivity contribution < 1.29 is 23.9 Å². The van der Waals surface area contributed by atoms with Crippen molar-refractivity contribution >= 4 is 35.7 Å². The molecule has 37 heavy (non-hydrogen) atoms. The van der Waals surface area contributed by atoms with Crippen molar-refractivity contribution in [2.24, 2.45) is 0 Å². The highest BCUT2D eigenvalue weighted by Crippen LogP contribution is 2.23. The largest absolute Gasteiger partial charge is 0.466 e. The van der Waals surface area contributed by atoms with Gasteiger partial charge in [0.2, 0.25) is 0 Å². The van der Waals surface area contributed by atoms with Crippen molar-refractivity contribution in [3.8, 4) is 0 Å². The quantitative estimate of drug-likeness (QED) is 0.279. The standard InChI is InChI=1S/C31H31NO5/c1-31(2,3)37-29(34)20-17-23-13-15-25(16-14-23)22-32(30(35)26-10-6-5-7-11-26)27-12-8-9-24(21-27)18-19-28(33)36-4/h5-21H,22H2,1-4H3/b19-18+,20-17+. The maximum Gasteiger partial charge on any atom is 0.331 e. The number of nitrogens with zero attached hydrogens (tertiary/aromatic N) is 1. The molecular weight excluding hydrogens is 466 g/mol. The van der Waals surface area contributed by atoms with Crippen LogP contribution >= 0.6 is 0 Å². The van der Waals surface area contributed by atoms with Gasteiger partial charge in [-0.2, -0.15) is 0 Å². The maximum atomic E-state index is 13.5.